The van der Waals surface area contributed by atoms with Crippen LogP contribution in [0.3, 0.4) is 0 Å². The van der Waals surface area contributed by atoms with Crippen LogP contribution in [0.15, 0.2) is 61.3 Å². The van der Waals surface area contributed by atoms with E-state index in [1.54, 1.807) is 32.7 Å². The molecule has 2 fully saturated rings. The molecule has 1 aromatic heterocycles. The summed E-state index contributed by atoms with van der Waals surface area (Å²) in [6.45, 7) is 13.3. The zero-order valence-corrected chi connectivity index (χ0v) is 26.9. The predicted octanol–water partition coefficient (Wildman–Crippen LogP) is 4.56. The Hall–Kier alpha value is -3.92. The van der Waals surface area contributed by atoms with Crippen LogP contribution in [0.4, 0.5) is 34.5 Å². The van der Waals surface area contributed by atoms with E-state index in [0.717, 1.165) is 68.8 Å². The Labute approximate surface area is 260 Å². The van der Waals surface area contributed by atoms with Crippen LogP contribution in [0.2, 0.25) is 0 Å². The highest BCUT2D eigenvalue weighted by atomic mass is 31.2. The fourth-order valence-electron chi connectivity index (χ4n) is 5.84. The van der Waals surface area contributed by atoms with Crippen molar-refractivity contribution in [3.8, 4) is 5.75 Å². The topological polar surface area (TPSA) is 115 Å². The van der Waals surface area contributed by atoms with Crippen LogP contribution in [-0.4, -0.2) is 98.5 Å². The van der Waals surface area contributed by atoms with Gasteiger partial charge in [0.1, 0.15) is 18.7 Å². The fourth-order valence-corrected chi connectivity index (χ4v) is 6.99. The zero-order valence-electron chi connectivity index (χ0n) is 26.0. The summed E-state index contributed by atoms with van der Waals surface area (Å²) < 4.78 is 18.6. The number of ether oxygens (including phenoxy) is 1. The largest absolute Gasteiger partial charge is 0.494 e. The van der Waals surface area contributed by atoms with E-state index in [2.05, 4.69) is 54.2 Å². The maximum absolute atomic E-state index is 12.8. The number of likely N-dealkylation sites (N-methyl/N-ethyl adjacent to an activating group) is 1. The fraction of sp³-hybridized carbons (Fsp3) is 0.406. The van der Waals surface area contributed by atoms with E-state index in [9.17, 15) is 9.36 Å². The lowest BCUT2D eigenvalue weighted by Gasteiger charge is -2.43. The summed E-state index contributed by atoms with van der Waals surface area (Å²) >= 11 is 0. The number of methoxy groups -OCH3 is 1. The van der Waals surface area contributed by atoms with Gasteiger partial charge in [0.15, 0.2) is 0 Å². The van der Waals surface area contributed by atoms with Gasteiger partial charge in [0.2, 0.25) is 11.9 Å². The maximum atomic E-state index is 12.8. The van der Waals surface area contributed by atoms with E-state index in [4.69, 9.17) is 4.74 Å². The summed E-state index contributed by atoms with van der Waals surface area (Å²) in [5, 5.41) is 10.3. The molecular weight excluding hydrogens is 575 g/mol. The monoisotopic (exact) mass is 618 g/mol. The Kier molecular flexibility index (Phi) is 9.88. The Morgan fingerprint density at radius 2 is 1.73 bits per heavy atom. The lowest BCUT2D eigenvalue weighted by atomic mass is 10.0. The van der Waals surface area contributed by atoms with Crippen LogP contribution in [0, 0.1) is 0 Å². The van der Waals surface area contributed by atoms with Gasteiger partial charge in [-0.1, -0.05) is 18.7 Å². The SMILES string of the molecule is C=CC(=O)Nc1cc(Nc2nccc(Nc3ccccc3P(C)(C)=O)n2)c(OC)cc1N1CCC(N2CCN(C)CC2)CC1. The minimum absolute atomic E-state index is 0.292. The highest BCUT2D eigenvalue weighted by Crippen LogP contribution is 2.40. The molecule has 0 bridgehead atoms. The van der Waals surface area contributed by atoms with Gasteiger partial charge >= 0.3 is 0 Å². The normalized spacial score (nSPS) is 16.8. The van der Waals surface area contributed by atoms with E-state index in [0.29, 0.717) is 34.9 Å². The number of aromatic nitrogens is 2. The Morgan fingerprint density at radius 1 is 1.00 bits per heavy atom. The smallest absolute Gasteiger partial charge is 0.247 e. The molecule has 3 aromatic rings. The van der Waals surface area contributed by atoms with Crippen molar-refractivity contribution in [2.45, 2.75) is 18.9 Å². The van der Waals surface area contributed by atoms with Gasteiger partial charge in [-0.15, -0.1) is 0 Å². The maximum Gasteiger partial charge on any atom is 0.247 e. The van der Waals surface area contributed by atoms with Gasteiger partial charge in [-0.3, -0.25) is 9.69 Å². The summed E-state index contributed by atoms with van der Waals surface area (Å²) in [7, 11) is 1.30. The molecule has 0 radical (unpaired) electrons. The lowest BCUT2D eigenvalue weighted by molar-refractivity contribution is -0.111. The number of hydrogen-bond donors (Lipinski definition) is 3. The number of carbonyl (C=O) groups excluding carboxylic acids is 1. The number of piperazine rings is 1. The third-order valence-corrected chi connectivity index (χ3v) is 9.82. The van der Waals surface area contributed by atoms with E-state index < -0.39 is 7.14 Å². The van der Waals surface area contributed by atoms with Crippen molar-refractivity contribution in [1.82, 2.24) is 19.8 Å². The highest BCUT2D eigenvalue weighted by molar-refractivity contribution is 7.70. The second kappa shape index (κ2) is 13.8. The van der Waals surface area contributed by atoms with Gasteiger partial charge in [0.25, 0.3) is 0 Å². The first-order valence-electron chi connectivity index (χ1n) is 15.0. The number of hydrogen-bond acceptors (Lipinski definition) is 10. The Balaban J connectivity index is 1.37. The summed E-state index contributed by atoms with van der Waals surface area (Å²) in [6.07, 6.45) is 5.03. The van der Waals surface area contributed by atoms with Gasteiger partial charge in [0.05, 0.1) is 29.9 Å². The molecule has 2 aliphatic rings. The molecule has 3 N–H and O–H groups in total. The summed E-state index contributed by atoms with van der Waals surface area (Å²) in [6, 6.07) is 13.6. The number of benzene rings is 2. The zero-order chi connectivity index (χ0) is 31.3. The van der Waals surface area contributed by atoms with Crippen molar-refractivity contribution in [3.63, 3.8) is 0 Å². The molecule has 0 atom stereocenters. The molecule has 0 unspecified atom stereocenters. The molecular formula is C32H43N8O3P. The lowest BCUT2D eigenvalue weighted by Crippen LogP contribution is -2.52. The molecule has 11 nitrogen and oxygen atoms in total. The Bertz CT molecular complexity index is 1530. The first kappa shape index (κ1) is 31.5. The molecule has 1 amide bonds. The molecule has 0 aliphatic carbocycles. The molecule has 2 aliphatic heterocycles. The number of rotatable bonds is 10. The van der Waals surface area contributed by atoms with E-state index in [1.165, 1.54) is 6.08 Å². The van der Waals surface area contributed by atoms with Crippen molar-refractivity contribution in [2.75, 3.05) is 87.6 Å². The average molecular weight is 619 g/mol. The standard InChI is InChI=1S/C32H43N8O3P/c1-6-31(41)35-25-21-26(36-32-33-14-11-30(37-32)34-24-9-7-8-10-29(24)44(4,5)42)28(43-3)22-27(25)40-15-12-23(13-16-40)39-19-17-38(2)18-20-39/h6-11,14,21-23H,1,12-13,15-20H2,2-5H3,(H,35,41)(H2,33,34,36,37). The van der Waals surface area contributed by atoms with Crippen LogP contribution in [-0.2, 0) is 9.36 Å². The second-order valence-electron chi connectivity index (χ2n) is 11.7. The van der Waals surface area contributed by atoms with Gasteiger partial charge in [-0.25, -0.2) is 4.98 Å². The van der Waals surface area contributed by atoms with Crippen LogP contribution < -0.4 is 30.9 Å². The first-order valence-corrected chi connectivity index (χ1v) is 17.6. The number of nitrogens with zero attached hydrogens (tertiary/aromatic N) is 5. The van der Waals surface area contributed by atoms with Crippen LogP contribution in [0.5, 0.6) is 5.75 Å². The van der Waals surface area contributed by atoms with E-state index in [1.807, 2.05) is 36.4 Å². The van der Waals surface area contributed by atoms with Crippen molar-refractivity contribution in [3.05, 3.63) is 61.3 Å². The Morgan fingerprint density at radius 3 is 2.41 bits per heavy atom. The highest BCUT2D eigenvalue weighted by Gasteiger charge is 2.28. The van der Waals surface area contributed by atoms with Gasteiger partial charge < -0.3 is 35.1 Å². The number of nitrogens with one attached hydrogen (secondary N) is 3. The van der Waals surface area contributed by atoms with Crippen LogP contribution in [0.25, 0.3) is 0 Å². The van der Waals surface area contributed by atoms with E-state index in [-0.39, 0.29) is 5.91 Å². The number of piperidine rings is 1. The molecule has 2 saturated heterocycles. The average Bonchev–Trinajstić information content (AvgIpc) is 3.01. The van der Waals surface area contributed by atoms with Gasteiger partial charge in [-0.2, -0.15) is 4.98 Å². The number of para-hydroxylation sites is 1. The number of carbonyl (C=O) groups is 1. The predicted molar refractivity (Wildman–Crippen MR) is 180 cm³/mol. The first-order chi connectivity index (χ1) is 21.1. The number of amides is 1. The molecule has 234 valence electrons. The van der Waals surface area contributed by atoms with Crippen molar-refractivity contribution in [2.24, 2.45) is 0 Å². The second-order valence-corrected chi connectivity index (χ2v) is 14.9. The minimum Gasteiger partial charge on any atom is -0.494 e. The molecule has 0 saturated carbocycles. The van der Waals surface area contributed by atoms with E-state index >= 15 is 0 Å². The summed E-state index contributed by atoms with van der Waals surface area (Å²) in [5.74, 6) is 1.19. The molecule has 0 spiro atoms. The molecule has 3 heterocycles. The molecule has 12 heteroatoms. The van der Waals surface area contributed by atoms with Gasteiger partial charge in [0, 0.05) is 62.9 Å². The van der Waals surface area contributed by atoms with Gasteiger partial charge in [-0.05, 0) is 63.6 Å². The van der Waals surface area contributed by atoms with Crippen molar-refractivity contribution >= 4 is 52.9 Å². The van der Waals surface area contributed by atoms with Crippen LogP contribution >= 0.6 is 7.14 Å². The minimum atomic E-state index is -2.51. The summed E-state index contributed by atoms with van der Waals surface area (Å²) in [5.41, 5.74) is 2.89. The number of anilines is 6. The van der Waals surface area contributed by atoms with Crippen molar-refractivity contribution in [1.29, 1.82) is 0 Å². The third kappa shape index (κ3) is 7.59. The molecule has 44 heavy (non-hydrogen) atoms. The third-order valence-electron chi connectivity index (χ3n) is 8.27. The van der Waals surface area contributed by atoms with Crippen molar-refractivity contribution < 1.29 is 14.1 Å². The quantitative estimate of drug-likeness (QED) is 0.221. The molecule has 2 aromatic carbocycles. The molecule has 5 rings (SSSR count). The summed E-state index contributed by atoms with van der Waals surface area (Å²) in [4.78, 5) is 28.8. The van der Waals surface area contributed by atoms with Crippen LogP contribution in [0.1, 0.15) is 12.8 Å².